The van der Waals surface area contributed by atoms with Crippen molar-refractivity contribution in [2.24, 2.45) is 0 Å². The second-order valence-electron chi connectivity index (χ2n) is 5.92. The van der Waals surface area contributed by atoms with Crippen LogP contribution in [0.5, 0.6) is 0 Å². The van der Waals surface area contributed by atoms with Crippen molar-refractivity contribution < 1.29 is 9.18 Å². The highest BCUT2D eigenvalue weighted by atomic mass is 19.1. The van der Waals surface area contributed by atoms with E-state index in [1.165, 1.54) is 16.8 Å². The predicted molar refractivity (Wildman–Crippen MR) is 93.1 cm³/mol. The van der Waals surface area contributed by atoms with Crippen molar-refractivity contribution in [1.29, 1.82) is 0 Å². The molecule has 6 heteroatoms. The van der Waals surface area contributed by atoms with E-state index in [2.05, 4.69) is 15.4 Å². The maximum Gasteiger partial charge on any atom is 0.291 e. The van der Waals surface area contributed by atoms with Crippen molar-refractivity contribution in [2.75, 3.05) is 0 Å². The van der Waals surface area contributed by atoms with Crippen molar-refractivity contribution in [1.82, 2.24) is 20.1 Å². The second-order valence-corrected chi connectivity index (χ2v) is 5.92. The first-order valence-corrected chi connectivity index (χ1v) is 8.01. The number of benzene rings is 2. The number of nitrogens with zero attached hydrogens (tertiary/aromatic N) is 3. The van der Waals surface area contributed by atoms with E-state index in [9.17, 15) is 9.18 Å². The molecule has 0 radical (unpaired) electrons. The molecule has 0 unspecified atom stereocenters. The molecular formula is C19H19FN4O. The Morgan fingerprint density at radius 1 is 1.12 bits per heavy atom. The summed E-state index contributed by atoms with van der Waals surface area (Å²) in [7, 11) is 0. The van der Waals surface area contributed by atoms with Crippen molar-refractivity contribution in [3.63, 3.8) is 0 Å². The van der Waals surface area contributed by atoms with Crippen LogP contribution in [0.4, 0.5) is 4.39 Å². The smallest absolute Gasteiger partial charge is 0.291 e. The van der Waals surface area contributed by atoms with E-state index in [4.69, 9.17) is 0 Å². The lowest BCUT2D eigenvalue weighted by Gasteiger charge is -2.15. The summed E-state index contributed by atoms with van der Waals surface area (Å²) in [5, 5.41) is 7.17. The topological polar surface area (TPSA) is 59.8 Å². The summed E-state index contributed by atoms with van der Waals surface area (Å²) in [6, 6.07) is 13.6. The number of rotatable bonds is 4. The summed E-state index contributed by atoms with van der Waals surface area (Å²) in [5.74, 6) is -0.0335. The van der Waals surface area contributed by atoms with Crippen LogP contribution in [0.1, 0.15) is 40.5 Å². The summed E-state index contributed by atoms with van der Waals surface area (Å²) in [5.41, 5.74) is 2.80. The highest BCUT2D eigenvalue weighted by molar-refractivity contribution is 5.90. The van der Waals surface area contributed by atoms with Gasteiger partial charge in [-0.25, -0.2) is 14.1 Å². The van der Waals surface area contributed by atoms with Gasteiger partial charge in [-0.1, -0.05) is 24.3 Å². The fourth-order valence-electron chi connectivity index (χ4n) is 2.72. The lowest BCUT2D eigenvalue weighted by Crippen LogP contribution is -2.28. The Hall–Kier alpha value is -3.02. The van der Waals surface area contributed by atoms with Crippen LogP contribution >= 0.6 is 0 Å². The van der Waals surface area contributed by atoms with Crippen LogP contribution in [0, 0.1) is 19.7 Å². The van der Waals surface area contributed by atoms with Gasteiger partial charge in [-0.05, 0) is 56.2 Å². The summed E-state index contributed by atoms with van der Waals surface area (Å²) >= 11 is 0. The summed E-state index contributed by atoms with van der Waals surface area (Å²) < 4.78 is 14.6. The van der Waals surface area contributed by atoms with Gasteiger partial charge in [0.25, 0.3) is 5.91 Å². The van der Waals surface area contributed by atoms with Crippen LogP contribution in [0.15, 0.2) is 48.5 Å². The Balaban J connectivity index is 1.80. The fraction of sp³-hybridized carbons (Fsp3) is 0.211. The van der Waals surface area contributed by atoms with Crippen molar-refractivity contribution >= 4 is 5.91 Å². The largest absolute Gasteiger partial charge is 0.343 e. The van der Waals surface area contributed by atoms with Crippen LogP contribution in [-0.4, -0.2) is 20.7 Å². The number of hydrogen-bond donors (Lipinski definition) is 1. The van der Waals surface area contributed by atoms with Gasteiger partial charge in [-0.15, -0.1) is 5.10 Å². The van der Waals surface area contributed by atoms with Crippen molar-refractivity contribution in [2.45, 2.75) is 26.8 Å². The highest BCUT2D eigenvalue weighted by Crippen LogP contribution is 2.17. The molecule has 3 aromatic rings. The molecule has 0 spiro atoms. The van der Waals surface area contributed by atoms with Gasteiger partial charge in [0, 0.05) is 0 Å². The predicted octanol–water partition coefficient (Wildman–Crippen LogP) is 3.51. The lowest BCUT2D eigenvalue weighted by molar-refractivity contribution is 0.0929. The monoisotopic (exact) mass is 338 g/mol. The molecule has 2 aromatic carbocycles. The van der Waals surface area contributed by atoms with Crippen LogP contribution in [0.25, 0.3) is 5.69 Å². The van der Waals surface area contributed by atoms with Crippen molar-refractivity contribution in [3.8, 4) is 5.69 Å². The SMILES string of the molecule is Cc1ccccc1[C@H](C)NC(=O)c1nc(C)n(-c2ccc(F)cc2)n1. The minimum atomic E-state index is -0.347. The summed E-state index contributed by atoms with van der Waals surface area (Å²) in [6.45, 7) is 5.67. The lowest BCUT2D eigenvalue weighted by atomic mass is 10.0. The Morgan fingerprint density at radius 3 is 2.48 bits per heavy atom. The quantitative estimate of drug-likeness (QED) is 0.792. The van der Waals surface area contributed by atoms with Gasteiger partial charge >= 0.3 is 0 Å². The zero-order chi connectivity index (χ0) is 18.0. The first-order chi connectivity index (χ1) is 12.0. The molecule has 1 heterocycles. The zero-order valence-corrected chi connectivity index (χ0v) is 14.3. The minimum absolute atomic E-state index is 0.0854. The Bertz CT molecular complexity index is 902. The van der Waals surface area contributed by atoms with Gasteiger partial charge in [-0.3, -0.25) is 4.79 Å². The molecule has 0 saturated carbocycles. The molecular weight excluding hydrogens is 319 g/mol. The van der Waals surface area contributed by atoms with Gasteiger partial charge in [0.1, 0.15) is 11.6 Å². The van der Waals surface area contributed by atoms with Crippen LogP contribution in [0.2, 0.25) is 0 Å². The molecule has 1 N–H and O–H groups in total. The number of amides is 1. The number of carbonyl (C=O) groups is 1. The molecule has 5 nitrogen and oxygen atoms in total. The first kappa shape index (κ1) is 16.8. The number of halogens is 1. The highest BCUT2D eigenvalue weighted by Gasteiger charge is 2.18. The maximum atomic E-state index is 13.1. The van der Waals surface area contributed by atoms with E-state index in [0.717, 1.165) is 11.1 Å². The van der Waals surface area contributed by atoms with E-state index < -0.39 is 0 Å². The summed E-state index contributed by atoms with van der Waals surface area (Å²) in [6.07, 6.45) is 0. The third-order valence-corrected chi connectivity index (χ3v) is 4.05. The van der Waals surface area contributed by atoms with E-state index in [0.29, 0.717) is 11.5 Å². The van der Waals surface area contributed by atoms with Crippen LogP contribution in [0.3, 0.4) is 0 Å². The third-order valence-electron chi connectivity index (χ3n) is 4.05. The Kier molecular flexibility index (Phi) is 4.61. The molecule has 0 aliphatic carbocycles. The molecule has 1 atom stereocenters. The molecule has 0 aliphatic heterocycles. The first-order valence-electron chi connectivity index (χ1n) is 8.01. The summed E-state index contributed by atoms with van der Waals surface area (Å²) in [4.78, 5) is 16.7. The minimum Gasteiger partial charge on any atom is -0.343 e. The number of aryl methyl sites for hydroxylation is 2. The van der Waals surface area contributed by atoms with E-state index in [1.54, 1.807) is 19.1 Å². The second kappa shape index (κ2) is 6.84. The molecule has 3 rings (SSSR count). The molecule has 0 saturated heterocycles. The Morgan fingerprint density at radius 2 is 1.80 bits per heavy atom. The average Bonchev–Trinajstić information content (AvgIpc) is 2.98. The standard InChI is InChI=1S/C19H19FN4O/c1-12-6-4-5-7-17(12)13(2)21-19(25)18-22-14(3)24(23-18)16-10-8-15(20)9-11-16/h4-11,13H,1-3H3,(H,21,25)/t13-/m0/s1. The number of carbonyl (C=O) groups excluding carboxylic acids is 1. The van der Waals surface area contributed by atoms with Crippen LogP contribution in [-0.2, 0) is 0 Å². The molecule has 0 aliphatic rings. The average molecular weight is 338 g/mol. The van der Waals surface area contributed by atoms with E-state index in [1.807, 2.05) is 38.1 Å². The molecule has 0 fully saturated rings. The molecule has 1 amide bonds. The normalized spacial score (nSPS) is 12.0. The Labute approximate surface area is 145 Å². The van der Waals surface area contributed by atoms with E-state index >= 15 is 0 Å². The third kappa shape index (κ3) is 3.57. The number of aromatic nitrogens is 3. The maximum absolute atomic E-state index is 13.1. The van der Waals surface area contributed by atoms with Gasteiger partial charge in [0.2, 0.25) is 5.82 Å². The van der Waals surface area contributed by atoms with Gasteiger partial charge in [0.15, 0.2) is 0 Å². The zero-order valence-electron chi connectivity index (χ0n) is 14.3. The van der Waals surface area contributed by atoms with Gasteiger partial charge in [-0.2, -0.15) is 0 Å². The van der Waals surface area contributed by atoms with Gasteiger partial charge in [0.05, 0.1) is 11.7 Å². The molecule has 1 aromatic heterocycles. The van der Waals surface area contributed by atoms with Crippen LogP contribution < -0.4 is 5.32 Å². The molecule has 0 bridgehead atoms. The molecule has 25 heavy (non-hydrogen) atoms. The fourth-order valence-corrected chi connectivity index (χ4v) is 2.72. The van der Waals surface area contributed by atoms with Gasteiger partial charge < -0.3 is 5.32 Å². The number of hydrogen-bond acceptors (Lipinski definition) is 3. The molecule has 128 valence electrons. The number of nitrogens with one attached hydrogen (secondary N) is 1. The van der Waals surface area contributed by atoms with Crippen molar-refractivity contribution in [3.05, 3.63) is 77.1 Å². The van der Waals surface area contributed by atoms with E-state index in [-0.39, 0.29) is 23.6 Å².